The Balaban J connectivity index is 0.00000361. The van der Waals surface area contributed by atoms with Gasteiger partial charge in [-0.05, 0) is 25.1 Å². The number of hydrogen-bond donors (Lipinski definition) is 2. The highest BCUT2D eigenvalue weighted by molar-refractivity contribution is 5.85. The summed E-state index contributed by atoms with van der Waals surface area (Å²) >= 11 is 0. The molecule has 0 saturated heterocycles. The van der Waals surface area contributed by atoms with Crippen LogP contribution in [0.1, 0.15) is 12.5 Å². The molecule has 3 N–H and O–H groups in total. The predicted molar refractivity (Wildman–Crippen MR) is 70.8 cm³/mol. The molecule has 0 heterocycles. The summed E-state index contributed by atoms with van der Waals surface area (Å²) in [4.78, 5) is 11.1. The molecule has 0 radical (unpaired) electrons. The minimum atomic E-state index is -4.40. The summed E-state index contributed by atoms with van der Waals surface area (Å²) in [6.45, 7) is 1.78. The van der Waals surface area contributed by atoms with E-state index in [9.17, 15) is 18.0 Å². The summed E-state index contributed by atoms with van der Waals surface area (Å²) in [6, 6.07) is 3.92. The smallest absolute Gasteiger partial charge is 0.416 e. The van der Waals surface area contributed by atoms with Crippen molar-refractivity contribution in [1.82, 2.24) is 5.32 Å². The van der Waals surface area contributed by atoms with E-state index in [2.05, 4.69) is 5.32 Å². The lowest BCUT2D eigenvalue weighted by Crippen LogP contribution is -2.40. The Kier molecular flexibility index (Phi) is 7.38. The monoisotopic (exact) mass is 312 g/mol. The summed E-state index contributed by atoms with van der Waals surface area (Å²) in [5, 5.41) is 2.49. The summed E-state index contributed by atoms with van der Waals surface area (Å²) < 4.78 is 42.4. The van der Waals surface area contributed by atoms with Gasteiger partial charge in [0.2, 0.25) is 5.91 Å². The quantitative estimate of drug-likeness (QED) is 0.817. The molecular formula is C12H16ClF3N2O2. The maximum absolute atomic E-state index is 12.4. The van der Waals surface area contributed by atoms with Crippen molar-refractivity contribution in [2.45, 2.75) is 19.1 Å². The van der Waals surface area contributed by atoms with Crippen molar-refractivity contribution in [3.63, 3.8) is 0 Å². The van der Waals surface area contributed by atoms with Crippen LogP contribution < -0.4 is 15.8 Å². The van der Waals surface area contributed by atoms with Crippen molar-refractivity contribution in [2.75, 3.05) is 13.2 Å². The van der Waals surface area contributed by atoms with E-state index in [4.69, 9.17) is 10.5 Å². The van der Waals surface area contributed by atoms with E-state index in [1.807, 2.05) is 0 Å². The number of carbonyl (C=O) groups is 1. The summed E-state index contributed by atoms with van der Waals surface area (Å²) in [5.41, 5.74) is 4.55. The Morgan fingerprint density at radius 2 is 2.10 bits per heavy atom. The fourth-order valence-corrected chi connectivity index (χ4v) is 1.27. The van der Waals surface area contributed by atoms with Crippen LogP contribution in [0.2, 0.25) is 0 Å². The molecule has 0 aliphatic rings. The van der Waals surface area contributed by atoms with Gasteiger partial charge in [-0.1, -0.05) is 6.07 Å². The third kappa shape index (κ3) is 6.12. The highest BCUT2D eigenvalue weighted by atomic mass is 35.5. The topological polar surface area (TPSA) is 64.4 Å². The fraction of sp³-hybridized carbons (Fsp3) is 0.417. The second-order valence-corrected chi connectivity index (χ2v) is 3.95. The molecule has 0 aromatic heterocycles. The Labute approximate surface area is 120 Å². The summed E-state index contributed by atoms with van der Waals surface area (Å²) in [6.07, 6.45) is -4.40. The third-order valence-electron chi connectivity index (χ3n) is 2.24. The van der Waals surface area contributed by atoms with Gasteiger partial charge >= 0.3 is 6.18 Å². The van der Waals surface area contributed by atoms with Crippen LogP contribution in [0.25, 0.3) is 0 Å². The number of halogens is 4. The van der Waals surface area contributed by atoms with Crippen LogP contribution in [0.4, 0.5) is 13.2 Å². The van der Waals surface area contributed by atoms with Crippen LogP contribution in [0, 0.1) is 0 Å². The lowest BCUT2D eigenvalue weighted by atomic mass is 10.2. The van der Waals surface area contributed by atoms with E-state index in [1.54, 1.807) is 0 Å². The molecule has 114 valence electrons. The number of rotatable bonds is 5. The Morgan fingerprint density at radius 3 is 2.65 bits per heavy atom. The average molecular weight is 313 g/mol. The van der Waals surface area contributed by atoms with Crippen LogP contribution in [0.15, 0.2) is 24.3 Å². The lowest BCUT2D eigenvalue weighted by Gasteiger charge is -2.11. The molecule has 1 amide bonds. The molecule has 0 aliphatic heterocycles. The molecule has 0 fully saturated rings. The van der Waals surface area contributed by atoms with Gasteiger partial charge in [0, 0.05) is 0 Å². The third-order valence-corrected chi connectivity index (χ3v) is 2.24. The molecule has 1 aromatic rings. The number of benzene rings is 1. The van der Waals surface area contributed by atoms with E-state index >= 15 is 0 Å². The molecule has 0 unspecified atom stereocenters. The standard InChI is InChI=1S/C12H15F3N2O2.ClH/c1-8(16)11(18)17-5-6-19-10-4-2-3-9(7-10)12(13,14)15;/h2-4,7-8H,5-6,16H2,1H3,(H,17,18);1H/t8-;/m1./s1. The van der Waals surface area contributed by atoms with Crippen molar-refractivity contribution in [2.24, 2.45) is 5.73 Å². The molecule has 8 heteroatoms. The molecule has 20 heavy (non-hydrogen) atoms. The van der Waals surface area contributed by atoms with Crippen LogP contribution >= 0.6 is 12.4 Å². The first-order chi connectivity index (χ1) is 8.80. The second kappa shape index (κ2) is 7.96. The van der Waals surface area contributed by atoms with Crippen molar-refractivity contribution in [1.29, 1.82) is 0 Å². The molecule has 1 rings (SSSR count). The van der Waals surface area contributed by atoms with Gasteiger partial charge in [-0.15, -0.1) is 12.4 Å². The number of carbonyl (C=O) groups excluding carboxylic acids is 1. The normalized spacial score (nSPS) is 12.2. The average Bonchev–Trinajstić information content (AvgIpc) is 2.33. The van der Waals surface area contributed by atoms with Gasteiger partial charge in [0.15, 0.2) is 0 Å². The minimum absolute atomic E-state index is 0. The first kappa shape index (κ1) is 18.5. The van der Waals surface area contributed by atoms with Crippen molar-refractivity contribution < 1.29 is 22.7 Å². The van der Waals surface area contributed by atoms with Crippen molar-refractivity contribution in [3.8, 4) is 5.75 Å². The molecule has 1 aromatic carbocycles. The number of alkyl halides is 3. The van der Waals surface area contributed by atoms with Crippen LogP contribution in [0.5, 0.6) is 5.75 Å². The molecule has 4 nitrogen and oxygen atoms in total. The van der Waals surface area contributed by atoms with E-state index < -0.39 is 17.8 Å². The van der Waals surface area contributed by atoms with Crippen molar-refractivity contribution >= 4 is 18.3 Å². The lowest BCUT2D eigenvalue weighted by molar-refractivity contribution is -0.137. The summed E-state index contributed by atoms with van der Waals surface area (Å²) in [7, 11) is 0. The molecule has 0 saturated carbocycles. The zero-order chi connectivity index (χ0) is 14.5. The maximum atomic E-state index is 12.4. The molecule has 0 spiro atoms. The Bertz CT molecular complexity index is 439. The van der Waals surface area contributed by atoms with Gasteiger partial charge in [-0.25, -0.2) is 0 Å². The van der Waals surface area contributed by atoms with Crippen LogP contribution in [0.3, 0.4) is 0 Å². The van der Waals surface area contributed by atoms with E-state index in [1.165, 1.54) is 19.1 Å². The van der Waals surface area contributed by atoms with Crippen LogP contribution in [-0.4, -0.2) is 25.1 Å². The molecule has 0 aliphatic carbocycles. The second-order valence-electron chi connectivity index (χ2n) is 3.95. The number of nitrogens with two attached hydrogens (primary N) is 1. The molecule has 0 bridgehead atoms. The van der Waals surface area contributed by atoms with Crippen LogP contribution in [-0.2, 0) is 11.0 Å². The zero-order valence-corrected chi connectivity index (χ0v) is 11.6. The number of hydrogen-bond acceptors (Lipinski definition) is 3. The Hall–Kier alpha value is -1.47. The highest BCUT2D eigenvalue weighted by Gasteiger charge is 2.30. The van der Waals surface area contributed by atoms with E-state index in [0.29, 0.717) is 0 Å². The number of amides is 1. The highest BCUT2D eigenvalue weighted by Crippen LogP contribution is 2.31. The predicted octanol–water partition coefficient (Wildman–Crippen LogP) is 1.97. The largest absolute Gasteiger partial charge is 0.492 e. The van der Waals surface area contributed by atoms with Gasteiger partial charge < -0.3 is 15.8 Å². The fourth-order valence-electron chi connectivity index (χ4n) is 1.27. The molecule has 1 atom stereocenters. The van der Waals surface area contributed by atoms with E-state index in [0.717, 1.165) is 12.1 Å². The van der Waals surface area contributed by atoms with Gasteiger partial charge in [0.25, 0.3) is 0 Å². The maximum Gasteiger partial charge on any atom is 0.416 e. The van der Waals surface area contributed by atoms with Crippen molar-refractivity contribution in [3.05, 3.63) is 29.8 Å². The SMILES string of the molecule is C[C@@H](N)C(=O)NCCOc1cccc(C(F)(F)F)c1.Cl. The van der Waals surface area contributed by atoms with E-state index in [-0.39, 0.29) is 37.2 Å². The number of nitrogens with one attached hydrogen (secondary N) is 1. The van der Waals surface area contributed by atoms with Gasteiger partial charge in [0.05, 0.1) is 18.2 Å². The summed E-state index contributed by atoms with van der Waals surface area (Å²) in [5.74, 6) is -0.238. The first-order valence-electron chi connectivity index (χ1n) is 5.64. The Morgan fingerprint density at radius 1 is 1.45 bits per heavy atom. The van der Waals surface area contributed by atoms with Gasteiger partial charge in [-0.2, -0.15) is 13.2 Å². The number of ether oxygens (including phenoxy) is 1. The minimum Gasteiger partial charge on any atom is -0.492 e. The molecular weight excluding hydrogens is 297 g/mol. The zero-order valence-electron chi connectivity index (χ0n) is 10.7. The van der Waals surface area contributed by atoms with Gasteiger partial charge in [-0.3, -0.25) is 4.79 Å². The van der Waals surface area contributed by atoms with Gasteiger partial charge in [0.1, 0.15) is 12.4 Å². The first-order valence-corrected chi connectivity index (χ1v) is 5.64.